The number of carbonyl (C=O) groups is 1. The van der Waals surface area contributed by atoms with Crippen LogP contribution >= 0.6 is 0 Å². The minimum atomic E-state index is -0.489. The minimum Gasteiger partial charge on any atom is -0.423 e. The number of nitrogens with one attached hydrogen (secondary N) is 1. The fraction of sp³-hybridized carbons (Fsp3) is 0.100. The van der Waals surface area contributed by atoms with Gasteiger partial charge in [-0.2, -0.15) is 0 Å². The summed E-state index contributed by atoms with van der Waals surface area (Å²) < 4.78 is 9.96. The summed E-state index contributed by atoms with van der Waals surface area (Å²) in [7, 11) is 0. The highest BCUT2D eigenvalue weighted by atomic mass is 16.5. The van der Waals surface area contributed by atoms with Crippen LogP contribution in [0.2, 0.25) is 0 Å². The van der Waals surface area contributed by atoms with Gasteiger partial charge in [-0.05, 0) is 110 Å². The van der Waals surface area contributed by atoms with Crippen LogP contribution in [0.1, 0.15) is 40.6 Å². The molecule has 0 atom stereocenters. The molecule has 0 amide bonds. The van der Waals surface area contributed by atoms with E-state index in [1.807, 2.05) is 49.7 Å². The Balaban J connectivity index is 1.30. The van der Waals surface area contributed by atoms with Crippen molar-refractivity contribution in [1.82, 2.24) is 19.4 Å². The number of fused-ring (bicyclic) bond motifs is 4. The minimum absolute atomic E-state index is 0.470. The molecular weight excluding hydrogens is 568 g/mol. The van der Waals surface area contributed by atoms with E-state index in [0.717, 1.165) is 51.5 Å². The number of rotatable bonds is 7. The van der Waals surface area contributed by atoms with Crippen LogP contribution in [0, 0.1) is 13.8 Å². The summed E-state index contributed by atoms with van der Waals surface area (Å²) in [4.78, 5) is 16.2. The van der Waals surface area contributed by atoms with Crippen molar-refractivity contribution in [2.24, 2.45) is 0 Å². The molecule has 1 N–H and O–H groups in total. The summed E-state index contributed by atoms with van der Waals surface area (Å²) in [5, 5.41) is 5.30. The highest BCUT2D eigenvalue weighted by molar-refractivity contribution is 6.09. The first-order valence-electron chi connectivity index (χ1n) is 15.3. The van der Waals surface area contributed by atoms with E-state index in [9.17, 15) is 4.79 Å². The van der Waals surface area contributed by atoms with Gasteiger partial charge < -0.3 is 19.2 Å². The van der Waals surface area contributed by atoms with E-state index in [-0.39, 0.29) is 0 Å². The lowest BCUT2D eigenvalue weighted by atomic mass is 9.95. The van der Waals surface area contributed by atoms with Gasteiger partial charge in [0.2, 0.25) is 0 Å². The average Bonchev–Trinajstić information content (AvgIpc) is 3.57. The zero-order chi connectivity index (χ0) is 31.9. The normalized spacial score (nSPS) is 12.4. The van der Waals surface area contributed by atoms with Crippen LogP contribution in [0.5, 0.6) is 5.75 Å². The Labute approximate surface area is 268 Å². The molecule has 0 spiro atoms. The van der Waals surface area contributed by atoms with Crippen molar-refractivity contribution in [2.45, 2.75) is 27.3 Å². The van der Waals surface area contributed by atoms with Gasteiger partial charge in [0, 0.05) is 58.3 Å². The molecule has 6 nitrogen and oxygen atoms in total. The molecule has 46 heavy (non-hydrogen) atoms. The first-order chi connectivity index (χ1) is 22.4. The predicted molar refractivity (Wildman–Crippen MR) is 189 cm³/mol. The van der Waals surface area contributed by atoms with Crippen molar-refractivity contribution in [3.8, 4) is 28.3 Å². The van der Waals surface area contributed by atoms with Crippen molar-refractivity contribution in [3.05, 3.63) is 138 Å². The molecule has 3 aromatic carbocycles. The number of carbonyl (C=O) groups excluding carboxylic acids is 1. The Bertz CT molecular complexity index is 2280. The van der Waals surface area contributed by atoms with Gasteiger partial charge in [-0.1, -0.05) is 37.4 Å². The molecule has 0 fully saturated rings. The quantitative estimate of drug-likeness (QED) is 0.112. The summed E-state index contributed by atoms with van der Waals surface area (Å²) >= 11 is 0. The molecule has 0 radical (unpaired) electrons. The third-order valence-electron chi connectivity index (χ3n) is 8.71. The van der Waals surface area contributed by atoms with E-state index in [1.54, 1.807) is 6.20 Å². The van der Waals surface area contributed by atoms with Gasteiger partial charge in [0.05, 0.1) is 22.4 Å². The van der Waals surface area contributed by atoms with Gasteiger partial charge in [-0.15, -0.1) is 0 Å². The SMILES string of the molecule is C=CC(=O)Oc1ccc2c(c1)c1cnccc1n2-c1ccc(-c2ccc(-n3c(C=C)c(/C=C\C)c4c3C=CNC4)cc2C)c(C)c1. The van der Waals surface area contributed by atoms with Crippen molar-refractivity contribution in [3.63, 3.8) is 0 Å². The van der Waals surface area contributed by atoms with Crippen LogP contribution in [0.15, 0.2) is 105 Å². The van der Waals surface area contributed by atoms with E-state index >= 15 is 0 Å². The topological polar surface area (TPSA) is 61.1 Å². The Morgan fingerprint density at radius 2 is 1.63 bits per heavy atom. The van der Waals surface area contributed by atoms with E-state index in [4.69, 9.17) is 4.74 Å². The molecule has 0 unspecified atom stereocenters. The van der Waals surface area contributed by atoms with Crippen LogP contribution in [0.4, 0.5) is 0 Å². The number of pyridine rings is 1. The van der Waals surface area contributed by atoms with Crippen molar-refractivity contribution in [1.29, 1.82) is 0 Å². The van der Waals surface area contributed by atoms with E-state index in [2.05, 4.69) is 101 Å². The molecule has 0 saturated heterocycles. The Kier molecular flexibility index (Phi) is 7.26. The van der Waals surface area contributed by atoms with Crippen LogP contribution in [0.25, 0.3) is 62.5 Å². The summed E-state index contributed by atoms with van der Waals surface area (Å²) in [6, 6.07) is 21.0. The van der Waals surface area contributed by atoms with E-state index < -0.39 is 5.97 Å². The predicted octanol–water partition coefficient (Wildman–Crippen LogP) is 9.09. The number of ether oxygens (including phenoxy) is 1. The van der Waals surface area contributed by atoms with Gasteiger partial charge in [-0.3, -0.25) is 4.98 Å². The van der Waals surface area contributed by atoms with Gasteiger partial charge in [0.1, 0.15) is 5.75 Å². The third-order valence-corrected chi connectivity index (χ3v) is 8.71. The number of nitrogens with zero attached hydrogens (tertiary/aromatic N) is 3. The zero-order valence-corrected chi connectivity index (χ0v) is 26.2. The third kappa shape index (κ3) is 4.66. The standard InChI is InChI=1S/C40H34N4O2/c1-6-9-32-34-23-41-18-16-38(34)43(36(32)7-2)27-10-13-30(25(4)20-27)31-14-11-28(21-26(31)5)44-37-15-12-29(46-40(45)8-3)22-33(37)35-24-42-19-17-39(35)44/h6-22,24,41H,2-3,23H2,1,4-5H3/b9-6-. The summed E-state index contributed by atoms with van der Waals surface area (Å²) in [6.07, 6.45) is 15.2. The van der Waals surface area contributed by atoms with Crippen molar-refractivity contribution >= 4 is 46.0 Å². The Hall–Kier alpha value is -5.88. The zero-order valence-electron chi connectivity index (χ0n) is 26.2. The fourth-order valence-electron chi connectivity index (χ4n) is 6.69. The molecule has 0 bridgehead atoms. The van der Waals surface area contributed by atoms with Gasteiger partial charge in [-0.25, -0.2) is 4.79 Å². The average molecular weight is 603 g/mol. The lowest BCUT2D eigenvalue weighted by molar-refractivity contribution is -0.128. The van der Waals surface area contributed by atoms with E-state index in [0.29, 0.717) is 5.75 Å². The fourth-order valence-corrected chi connectivity index (χ4v) is 6.69. The smallest absolute Gasteiger partial charge is 0.335 e. The lowest BCUT2D eigenvalue weighted by Crippen LogP contribution is -2.11. The monoisotopic (exact) mass is 602 g/mol. The number of benzene rings is 3. The molecule has 7 rings (SSSR count). The van der Waals surface area contributed by atoms with Crippen molar-refractivity contribution in [2.75, 3.05) is 0 Å². The van der Waals surface area contributed by atoms with Crippen LogP contribution in [-0.2, 0) is 11.3 Å². The molecule has 4 heterocycles. The number of hydrogen-bond donors (Lipinski definition) is 1. The Morgan fingerprint density at radius 1 is 0.913 bits per heavy atom. The maximum atomic E-state index is 11.8. The second kappa shape index (κ2) is 11.6. The highest BCUT2D eigenvalue weighted by Gasteiger charge is 2.21. The molecule has 6 aromatic rings. The van der Waals surface area contributed by atoms with Gasteiger partial charge in [0.25, 0.3) is 0 Å². The number of aryl methyl sites for hydroxylation is 2. The molecule has 226 valence electrons. The molecule has 6 heteroatoms. The van der Waals surface area contributed by atoms with Gasteiger partial charge >= 0.3 is 5.97 Å². The second-order valence-electron chi connectivity index (χ2n) is 11.4. The van der Waals surface area contributed by atoms with Crippen LogP contribution < -0.4 is 10.1 Å². The van der Waals surface area contributed by atoms with Crippen LogP contribution in [0.3, 0.4) is 0 Å². The maximum absolute atomic E-state index is 11.8. The molecule has 0 saturated carbocycles. The summed E-state index contributed by atoms with van der Waals surface area (Å²) in [6.45, 7) is 14.8. The highest BCUT2D eigenvalue weighted by Crippen LogP contribution is 2.37. The molecule has 1 aliphatic heterocycles. The second-order valence-corrected chi connectivity index (χ2v) is 11.4. The van der Waals surface area contributed by atoms with Gasteiger partial charge in [0.15, 0.2) is 0 Å². The number of allylic oxidation sites excluding steroid dienone is 1. The molecule has 3 aromatic heterocycles. The summed E-state index contributed by atoms with van der Waals surface area (Å²) in [5.74, 6) is -0.0192. The number of hydrogen-bond acceptors (Lipinski definition) is 4. The first kappa shape index (κ1) is 28.9. The molecule has 1 aliphatic rings. The van der Waals surface area contributed by atoms with Crippen LogP contribution in [-0.4, -0.2) is 20.1 Å². The largest absolute Gasteiger partial charge is 0.423 e. The van der Waals surface area contributed by atoms with Crippen molar-refractivity contribution < 1.29 is 9.53 Å². The first-order valence-corrected chi connectivity index (χ1v) is 15.3. The summed E-state index contributed by atoms with van der Waals surface area (Å²) in [5.41, 5.74) is 13.7. The maximum Gasteiger partial charge on any atom is 0.335 e. The molecular formula is C40H34N4O2. The number of esters is 1. The molecule has 0 aliphatic carbocycles. The lowest BCUT2D eigenvalue weighted by Gasteiger charge is -2.17. The number of aromatic nitrogens is 3. The van der Waals surface area contributed by atoms with E-state index in [1.165, 1.54) is 39.1 Å². The Morgan fingerprint density at radius 3 is 2.30 bits per heavy atom.